The average Bonchev–Trinajstić information content (AvgIpc) is 3.42. The highest BCUT2D eigenvalue weighted by Crippen LogP contribution is 2.41. The van der Waals surface area contributed by atoms with Gasteiger partial charge < -0.3 is 20.3 Å². The van der Waals surface area contributed by atoms with E-state index in [0.29, 0.717) is 23.5 Å². The molecule has 0 unspecified atom stereocenters. The van der Waals surface area contributed by atoms with Crippen LogP contribution in [0, 0.1) is 0 Å². The van der Waals surface area contributed by atoms with E-state index in [0.717, 1.165) is 21.2 Å². The summed E-state index contributed by atoms with van der Waals surface area (Å²) in [6, 6.07) is 7.12. The summed E-state index contributed by atoms with van der Waals surface area (Å²) >= 11 is 7.42. The number of halogens is 3. The lowest BCUT2D eigenvalue weighted by atomic mass is 10.1. The Kier molecular flexibility index (Phi) is 8.41. The smallest absolute Gasteiger partial charge is 0.329 e. The summed E-state index contributed by atoms with van der Waals surface area (Å²) in [6.45, 7) is 8.79. The largest absolute Gasteiger partial charge is 0.405 e. The van der Waals surface area contributed by atoms with Gasteiger partial charge in [-0.1, -0.05) is 27.7 Å². The SMILES string of the molecule is CC.CC.O=C1NCCNc2c1sc1ccc3nc(Oc4nc(Cl)nc(N5CCC(F)(F)C5)n4)ccc3c21. The molecule has 6 rings (SSSR count). The molecular formula is C25H28ClF2N7O2S. The number of rotatable bonds is 3. The zero-order chi connectivity index (χ0) is 27.4. The van der Waals surface area contributed by atoms with Crippen molar-refractivity contribution in [3.05, 3.63) is 34.4 Å². The predicted molar refractivity (Wildman–Crippen MR) is 147 cm³/mol. The van der Waals surface area contributed by atoms with Crippen LogP contribution in [0.15, 0.2) is 24.3 Å². The van der Waals surface area contributed by atoms with E-state index in [1.165, 1.54) is 16.2 Å². The van der Waals surface area contributed by atoms with Gasteiger partial charge in [0.15, 0.2) is 0 Å². The van der Waals surface area contributed by atoms with Crippen LogP contribution in [-0.2, 0) is 0 Å². The van der Waals surface area contributed by atoms with Crippen molar-refractivity contribution in [3.63, 3.8) is 0 Å². The number of amides is 1. The summed E-state index contributed by atoms with van der Waals surface area (Å²) in [4.78, 5) is 31.0. The number of thiophene rings is 1. The minimum absolute atomic E-state index is 0.0278. The maximum absolute atomic E-state index is 13.6. The Hall–Kier alpha value is -3.38. The Labute approximate surface area is 227 Å². The average molecular weight is 564 g/mol. The van der Waals surface area contributed by atoms with Gasteiger partial charge in [-0.3, -0.25) is 4.79 Å². The lowest BCUT2D eigenvalue weighted by Gasteiger charge is -2.16. The number of ether oxygens (including phenoxy) is 1. The fourth-order valence-corrected chi connectivity index (χ4v) is 5.38. The van der Waals surface area contributed by atoms with Gasteiger partial charge in [-0.05, 0) is 29.8 Å². The number of benzene rings is 1. The Bertz CT molecular complexity index is 1470. The lowest BCUT2D eigenvalue weighted by Crippen LogP contribution is -2.26. The van der Waals surface area contributed by atoms with Gasteiger partial charge in [0.1, 0.15) is 4.88 Å². The van der Waals surface area contributed by atoms with Gasteiger partial charge in [0.05, 0.1) is 17.7 Å². The molecule has 1 saturated heterocycles. The Morgan fingerprint density at radius 1 is 1.03 bits per heavy atom. The third kappa shape index (κ3) is 5.56. The zero-order valence-electron chi connectivity index (χ0n) is 21.4. The van der Waals surface area contributed by atoms with Gasteiger partial charge in [0.2, 0.25) is 17.1 Å². The normalized spacial score (nSPS) is 15.9. The quantitative estimate of drug-likeness (QED) is 0.306. The van der Waals surface area contributed by atoms with Crippen molar-refractivity contribution in [2.75, 3.05) is 36.4 Å². The molecule has 1 aromatic carbocycles. The first-order valence-corrected chi connectivity index (χ1v) is 13.7. The summed E-state index contributed by atoms with van der Waals surface area (Å²) in [7, 11) is 0. The first kappa shape index (κ1) is 27.6. The molecule has 9 nitrogen and oxygen atoms in total. The maximum atomic E-state index is 13.6. The Morgan fingerprint density at radius 3 is 2.53 bits per heavy atom. The fraction of sp³-hybridized carbons (Fsp3) is 0.400. The molecule has 0 atom stereocenters. The molecule has 202 valence electrons. The number of anilines is 2. The second kappa shape index (κ2) is 11.6. The van der Waals surface area contributed by atoms with E-state index in [4.69, 9.17) is 16.3 Å². The molecule has 4 aromatic rings. The highest BCUT2D eigenvalue weighted by atomic mass is 35.5. The van der Waals surface area contributed by atoms with E-state index in [1.54, 1.807) is 6.07 Å². The molecule has 2 N–H and O–H groups in total. The van der Waals surface area contributed by atoms with Crippen LogP contribution in [0.2, 0.25) is 5.28 Å². The molecule has 3 aromatic heterocycles. The summed E-state index contributed by atoms with van der Waals surface area (Å²) < 4.78 is 33.9. The first-order chi connectivity index (χ1) is 18.4. The van der Waals surface area contributed by atoms with Gasteiger partial charge in [0.25, 0.3) is 11.8 Å². The van der Waals surface area contributed by atoms with Crippen LogP contribution in [0.4, 0.5) is 20.4 Å². The molecule has 0 saturated carbocycles. The number of fused-ring (bicyclic) bond motifs is 5. The van der Waals surface area contributed by atoms with Crippen LogP contribution < -0.4 is 20.3 Å². The molecule has 1 fully saturated rings. The third-order valence-corrected chi connectivity index (χ3v) is 6.96. The van der Waals surface area contributed by atoms with Gasteiger partial charge in [-0.15, -0.1) is 11.3 Å². The van der Waals surface area contributed by atoms with E-state index < -0.39 is 12.5 Å². The minimum atomic E-state index is -2.80. The highest BCUT2D eigenvalue weighted by Gasteiger charge is 2.39. The zero-order valence-corrected chi connectivity index (χ0v) is 23.0. The van der Waals surface area contributed by atoms with Crippen LogP contribution in [0.3, 0.4) is 0 Å². The molecule has 0 spiro atoms. The molecule has 2 aliphatic rings. The molecule has 0 radical (unpaired) electrons. The molecule has 0 aliphatic carbocycles. The molecule has 13 heteroatoms. The number of alkyl halides is 2. The van der Waals surface area contributed by atoms with Crippen LogP contribution >= 0.6 is 22.9 Å². The van der Waals surface area contributed by atoms with Gasteiger partial charge in [-0.2, -0.15) is 15.0 Å². The second-order valence-corrected chi connectivity index (χ2v) is 9.35. The van der Waals surface area contributed by atoms with Crippen molar-refractivity contribution in [1.29, 1.82) is 0 Å². The molecule has 2 aliphatic heterocycles. The molecule has 0 bridgehead atoms. The van der Waals surface area contributed by atoms with Gasteiger partial charge >= 0.3 is 6.01 Å². The van der Waals surface area contributed by atoms with E-state index >= 15 is 0 Å². The number of pyridine rings is 1. The van der Waals surface area contributed by atoms with Crippen LogP contribution in [0.1, 0.15) is 43.8 Å². The van der Waals surface area contributed by atoms with Crippen LogP contribution in [-0.4, -0.2) is 57.9 Å². The van der Waals surface area contributed by atoms with Crippen molar-refractivity contribution in [2.24, 2.45) is 0 Å². The Balaban J connectivity index is 0.000000804. The van der Waals surface area contributed by atoms with E-state index in [-0.39, 0.29) is 42.0 Å². The number of nitrogens with one attached hydrogen (secondary N) is 2. The number of hydrogen-bond acceptors (Lipinski definition) is 9. The Morgan fingerprint density at radius 2 is 1.79 bits per heavy atom. The fourth-order valence-electron chi connectivity index (χ4n) is 4.12. The first-order valence-electron chi connectivity index (χ1n) is 12.5. The minimum Gasteiger partial charge on any atom is -0.405 e. The van der Waals surface area contributed by atoms with Gasteiger partial charge in [-0.25, -0.2) is 13.8 Å². The summed E-state index contributed by atoms with van der Waals surface area (Å²) in [5, 5.41) is 7.84. The summed E-state index contributed by atoms with van der Waals surface area (Å²) in [5.41, 5.74) is 1.45. The summed E-state index contributed by atoms with van der Waals surface area (Å²) in [5.74, 6) is -2.67. The number of carbonyl (C=O) groups excluding carboxylic acids is 1. The number of aromatic nitrogens is 4. The number of nitrogens with zero attached hydrogens (tertiary/aromatic N) is 5. The van der Waals surface area contributed by atoms with Gasteiger partial charge in [0, 0.05) is 47.6 Å². The van der Waals surface area contributed by atoms with E-state index in [2.05, 4.69) is 30.6 Å². The second-order valence-electron chi connectivity index (χ2n) is 7.96. The lowest BCUT2D eigenvalue weighted by molar-refractivity contribution is 0.0256. The van der Waals surface area contributed by atoms with Crippen molar-refractivity contribution >= 4 is 61.5 Å². The maximum Gasteiger partial charge on any atom is 0.329 e. The van der Waals surface area contributed by atoms with E-state index in [1.807, 2.05) is 45.9 Å². The van der Waals surface area contributed by atoms with Crippen molar-refractivity contribution < 1.29 is 18.3 Å². The molecular weight excluding hydrogens is 536 g/mol. The van der Waals surface area contributed by atoms with Crippen LogP contribution in [0.25, 0.3) is 21.0 Å². The highest BCUT2D eigenvalue weighted by molar-refractivity contribution is 7.21. The van der Waals surface area contributed by atoms with Crippen molar-refractivity contribution in [2.45, 2.75) is 40.0 Å². The standard InChI is InChI=1S/C21H16ClF2N7O2S.2C2H6/c22-18-28-19(31-8-5-21(23,24)9-31)30-20(29-18)33-13-4-1-10-11(27-13)2-3-12-14(10)15-16(34-12)17(32)26-7-6-25-15;2*1-2/h1-4,25H,5-9H2,(H,26,32);2*1-2H3. The monoisotopic (exact) mass is 563 g/mol. The number of carbonyl (C=O) groups is 1. The van der Waals surface area contributed by atoms with Crippen LogP contribution in [0.5, 0.6) is 11.9 Å². The molecule has 5 heterocycles. The third-order valence-electron chi connectivity index (χ3n) is 5.64. The van der Waals surface area contributed by atoms with Crippen molar-refractivity contribution in [3.8, 4) is 11.9 Å². The summed E-state index contributed by atoms with van der Waals surface area (Å²) in [6.07, 6.45) is -0.282. The molecule has 1 amide bonds. The molecule has 38 heavy (non-hydrogen) atoms. The topological polar surface area (TPSA) is 105 Å². The number of hydrogen-bond donors (Lipinski definition) is 2. The predicted octanol–water partition coefficient (Wildman–Crippen LogP) is 6.13. The van der Waals surface area contributed by atoms with E-state index in [9.17, 15) is 13.6 Å². The van der Waals surface area contributed by atoms with Crippen molar-refractivity contribution in [1.82, 2.24) is 25.3 Å².